The summed E-state index contributed by atoms with van der Waals surface area (Å²) >= 11 is 5.97. The van der Waals surface area contributed by atoms with E-state index in [4.69, 9.17) is 11.6 Å². The van der Waals surface area contributed by atoms with Crippen molar-refractivity contribution in [1.82, 2.24) is 10.2 Å². The van der Waals surface area contributed by atoms with Gasteiger partial charge in [-0.3, -0.25) is 4.90 Å². The molecule has 2 saturated carbocycles. The summed E-state index contributed by atoms with van der Waals surface area (Å²) in [6.45, 7) is 5.67. The first-order valence-corrected chi connectivity index (χ1v) is 9.38. The van der Waals surface area contributed by atoms with Crippen LogP contribution < -0.4 is 5.32 Å². The van der Waals surface area contributed by atoms with Crippen molar-refractivity contribution in [3.05, 3.63) is 11.1 Å². The fraction of sp³-hybridized carbons (Fsp3) is 0.889. The third kappa shape index (κ3) is 3.33. The summed E-state index contributed by atoms with van der Waals surface area (Å²) in [4.78, 5) is 2.81. The van der Waals surface area contributed by atoms with Crippen molar-refractivity contribution in [1.29, 1.82) is 0 Å². The predicted molar refractivity (Wildman–Crippen MR) is 90.8 cm³/mol. The van der Waals surface area contributed by atoms with Crippen LogP contribution in [-0.2, 0) is 0 Å². The van der Waals surface area contributed by atoms with Gasteiger partial charge in [0, 0.05) is 36.2 Å². The first kappa shape index (κ1) is 15.8. The van der Waals surface area contributed by atoms with E-state index in [9.17, 15) is 0 Å². The molecule has 1 heterocycles. The Morgan fingerprint density at radius 2 is 1.67 bits per heavy atom. The summed E-state index contributed by atoms with van der Waals surface area (Å²) in [5, 5.41) is 4.02. The van der Waals surface area contributed by atoms with Gasteiger partial charge in [-0.25, -0.2) is 0 Å². The highest BCUT2D eigenvalue weighted by Crippen LogP contribution is 2.41. The molecule has 1 aliphatic heterocycles. The van der Waals surface area contributed by atoms with Gasteiger partial charge in [0.2, 0.25) is 0 Å². The molecule has 2 spiro atoms. The van der Waals surface area contributed by atoms with Gasteiger partial charge >= 0.3 is 0 Å². The van der Waals surface area contributed by atoms with Crippen LogP contribution in [0.25, 0.3) is 0 Å². The molecule has 0 radical (unpaired) electrons. The summed E-state index contributed by atoms with van der Waals surface area (Å²) in [6.07, 6.45) is 13.9. The number of piperazine rings is 1. The van der Waals surface area contributed by atoms with Gasteiger partial charge in [-0.05, 0) is 38.2 Å². The minimum Gasteiger partial charge on any atom is -0.308 e. The van der Waals surface area contributed by atoms with Gasteiger partial charge in [-0.15, -0.1) is 0 Å². The molecular formula is C18H31ClN2. The third-order valence-electron chi connectivity index (χ3n) is 6.18. The van der Waals surface area contributed by atoms with Crippen LogP contribution in [0.15, 0.2) is 11.1 Å². The lowest BCUT2D eigenvalue weighted by atomic mass is 9.72. The van der Waals surface area contributed by atoms with Crippen molar-refractivity contribution in [2.24, 2.45) is 0 Å². The Balaban J connectivity index is 1.78. The lowest BCUT2D eigenvalue weighted by molar-refractivity contribution is -0.0236. The van der Waals surface area contributed by atoms with Gasteiger partial charge in [0.25, 0.3) is 0 Å². The maximum absolute atomic E-state index is 5.97. The molecule has 0 atom stereocenters. The molecule has 120 valence electrons. The first-order chi connectivity index (χ1) is 10.2. The number of nitrogens with one attached hydrogen (secondary N) is 1. The van der Waals surface area contributed by atoms with Crippen LogP contribution >= 0.6 is 11.6 Å². The average molecular weight is 311 g/mol. The maximum atomic E-state index is 5.97. The van der Waals surface area contributed by atoms with Crippen molar-refractivity contribution < 1.29 is 0 Å². The second-order valence-corrected chi connectivity index (χ2v) is 8.01. The molecule has 1 N–H and O–H groups in total. The molecule has 0 unspecified atom stereocenters. The van der Waals surface area contributed by atoms with E-state index in [1.54, 1.807) is 5.54 Å². The smallest absolute Gasteiger partial charge is 0.0338 e. The van der Waals surface area contributed by atoms with Gasteiger partial charge in [-0.2, -0.15) is 0 Å². The Morgan fingerprint density at radius 3 is 2.29 bits per heavy atom. The molecular weight excluding hydrogens is 280 g/mol. The summed E-state index contributed by atoms with van der Waals surface area (Å²) in [5.41, 5.74) is 3.90. The largest absolute Gasteiger partial charge is 0.308 e. The monoisotopic (exact) mass is 310 g/mol. The van der Waals surface area contributed by atoms with Crippen molar-refractivity contribution in [3.63, 3.8) is 0 Å². The molecule has 0 aromatic heterocycles. The minimum absolute atomic E-state index is 0.396. The van der Waals surface area contributed by atoms with Crippen molar-refractivity contribution in [2.75, 3.05) is 19.6 Å². The number of rotatable bonds is 2. The average Bonchev–Trinajstić information content (AvgIpc) is 2.53. The molecule has 0 bridgehead atoms. The van der Waals surface area contributed by atoms with Gasteiger partial charge in [0.1, 0.15) is 0 Å². The van der Waals surface area contributed by atoms with Gasteiger partial charge in [-0.1, -0.05) is 50.1 Å². The van der Waals surface area contributed by atoms with E-state index in [2.05, 4.69) is 17.1 Å². The molecule has 3 heteroatoms. The minimum atomic E-state index is 0.396. The molecule has 3 rings (SSSR count). The molecule has 2 nitrogen and oxygen atoms in total. The van der Waals surface area contributed by atoms with Crippen LogP contribution in [0.1, 0.15) is 71.1 Å². The van der Waals surface area contributed by atoms with Crippen LogP contribution in [0.2, 0.25) is 0 Å². The zero-order valence-electron chi connectivity index (χ0n) is 13.6. The lowest BCUT2D eigenvalue weighted by Crippen LogP contribution is -2.71. The molecule has 0 amide bonds. The topological polar surface area (TPSA) is 15.3 Å². The Bertz CT molecular complexity index is 379. The van der Waals surface area contributed by atoms with E-state index in [0.29, 0.717) is 11.1 Å². The lowest BCUT2D eigenvalue weighted by Gasteiger charge is -2.57. The highest BCUT2D eigenvalue weighted by molar-refractivity contribution is 6.25. The molecule has 3 aliphatic rings. The Morgan fingerprint density at radius 1 is 1.05 bits per heavy atom. The number of hydrogen-bond donors (Lipinski definition) is 1. The molecule has 2 aliphatic carbocycles. The number of halogens is 1. The van der Waals surface area contributed by atoms with Crippen LogP contribution in [0.5, 0.6) is 0 Å². The van der Waals surface area contributed by atoms with Gasteiger partial charge < -0.3 is 5.32 Å². The zero-order valence-corrected chi connectivity index (χ0v) is 14.4. The highest BCUT2D eigenvalue weighted by atomic mass is 35.5. The second-order valence-electron chi connectivity index (χ2n) is 7.79. The second kappa shape index (κ2) is 6.60. The van der Waals surface area contributed by atoms with Crippen molar-refractivity contribution in [3.8, 4) is 0 Å². The van der Waals surface area contributed by atoms with E-state index in [-0.39, 0.29) is 0 Å². The summed E-state index contributed by atoms with van der Waals surface area (Å²) in [5.74, 6) is 0. The molecule has 3 fully saturated rings. The summed E-state index contributed by atoms with van der Waals surface area (Å²) < 4.78 is 0. The van der Waals surface area contributed by atoms with E-state index < -0.39 is 0 Å². The normalized spacial score (nSPS) is 29.9. The van der Waals surface area contributed by atoms with Crippen LogP contribution in [-0.4, -0.2) is 35.6 Å². The summed E-state index contributed by atoms with van der Waals surface area (Å²) in [7, 11) is 0. The standard InChI is InChI=1S/C18H31ClN2/c1-16(12-19)13-21-15-17(8-4-2-5-9-17)20-14-18(21)10-6-3-7-11-18/h12,20H,2-11,13-15H2,1H3. The van der Waals surface area contributed by atoms with Crippen LogP contribution in [0.3, 0.4) is 0 Å². The van der Waals surface area contributed by atoms with Gasteiger partial charge in [0.15, 0.2) is 0 Å². The Labute approximate surface area is 135 Å². The molecule has 1 saturated heterocycles. The molecule has 21 heavy (non-hydrogen) atoms. The van der Waals surface area contributed by atoms with E-state index >= 15 is 0 Å². The quantitative estimate of drug-likeness (QED) is 0.811. The molecule has 0 aromatic rings. The van der Waals surface area contributed by atoms with E-state index in [1.807, 2.05) is 0 Å². The van der Waals surface area contributed by atoms with E-state index in [0.717, 1.165) is 6.54 Å². The Hall–Kier alpha value is -0.0500. The zero-order chi connectivity index (χ0) is 14.8. The predicted octanol–water partition coefficient (Wildman–Crippen LogP) is 4.44. The maximum Gasteiger partial charge on any atom is 0.0338 e. The van der Waals surface area contributed by atoms with Crippen LogP contribution in [0.4, 0.5) is 0 Å². The number of hydrogen-bond acceptors (Lipinski definition) is 2. The van der Waals surface area contributed by atoms with Gasteiger partial charge in [0.05, 0.1) is 0 Å². The Kier molecular flexibility index (Phi) is 4.97. The SMILES string of the molecule is CC(=CCl)CN1CC2(CCCCC2)NCC12CCCCC2. The van der Waals surface area contributed by atoms with Crippen molar-refractivity contribution in [2.45, 2.75) is 82.2 Å². The van der Waals surface area contributed by atoms with Crippen LogP contribution in [0, 0.1) is 0 Å². The summed E-state index contributed by atoms with van der Waals surface area (Å²) in [6, 6.07) is 0. The highest BCUT2D eigenvalue weighted by Gasteiger charge is 2.47. The third-order valence-corrected chi connectivity index (χ3v) is 6.55. The number of nitrogens with zero attached hydrogens (tertiary/aromatic N) is 1. The van der Waals surface area contributed by atoms with Crippen molar-refractivity contribution >= 4 is 11.6 Å². The first-order valence-electron chi connectivity index (χ1n) is 8.94. The molecule has 0 aromatic carbocycles. The van der Waals surface area contributed by atoms with E-state index in [1.165, 1.54) is 82.9 Å². The fourth-order valence-electron chi connectivity index (χ4n) is 4.88. The fourth-order valence-corrected chi connectivity index (χ4v) is 4.95.